The molecular weight excluding hydrogens is 232 g/mol. The summed E-state index contributed by atoms with van der Waals surface area (Å²) in [5, 5.41) is 0. The average Bonchev–Trinajstić information content (AvgIpc) is 2.49. The number of pyridine rings is 1. The van der Waals surface area contributed by atoms with Crippen LogP contribution in [-0.2, 0) is 13.0 Å². The van der Waals surface area contributed by atoms with Crippen LogP contribution in [0.2, 0.25) is 0 Å². The highest BCUT2D eigenvalue weighted by molar-refractivity contribution is 5.24. The van der Waals surface area contributed by atoms with E-state index in [2.05, 4.69) is 53.2 Å². The Morgan fingerprint density at radius 3 is 2.79 bits per heavy atom. The van der Waals surface area contributed by atoms with Crippen LogP contribution in [0.25, 0.3) is 0 Å². The quantitative estimate of drug-likeness (QED) is 0.830. The first-order valence-corrected chi connectivity index (χ1v) is 7.10. The van der Waals surface area contributed by atoms with E-state index in [0.29, 0.717) is 6.04 Å². The largest absolute Gasteiger partial charge is 0.292 e. The molecule has 2 heterocycles. The molecule has 0 amide bonds. The van der Waals surface area contributed by atoms with Gasteiger partial charge in [-0.3, -0.25) is 9.88 Å². The standard InChI is InChI=1S/C17H20N2/c1-2-17(14-7-4-3-5-8-14)19-12-10-16-15(13-19)9-6-11-18-16/h3-9,11,17H,2,10,12-13H2,1H3. The minimum Gasteiger partial charge on any atom is -0.292 e. The lowest BCUT2D eigenvalue weighted by Gasteiger charge is -2.35. The van der Waals surface area contributed by atoms with Crippen LogP contribution in [0.4, 0.5) is 0 Å². The molecule has 2 nitrogen and oxygen atoms in total. The van der Waals surface area contributed by atoms with Gasteiger partial charge < -0.3 is 0 Å². The smallest absolute Gasteiger partial charge is 0.0461 e. The first kappa shape index (κ1) is 12.4. The van der Waals surface area contributed by atoms with Crippen LogP contribution >= 0.6 is 0 Å². The van der Waals surface area contributed by atoms with Crippen molar-refractivity contribution in [2.24, 2.45) is 0 Å². The summed E-state index contributed by atoms with van der Waals surface area (Å²) in [6.07, 6.45) is 4.13. The molecule has 0 aliphatic carbocycles. The molecule has 0 radical (unpaired) electrons. The highest BCUT2D eigenvalue weighted by atomic mass is 15.2. The lowest BCUT2D eigenvalue weighted by Crippen LogP contribution is -2.34. The van der Waals surface area contributed by atoms with Crippen LogP contribution in [0.1, 0.15) is 36.2 Å². The molecular formula is C17H20N2. The molecule has 1 aliphatic rings. The van der Waals surface area contributed by atoms with Gasteiger partial charge in [-0.15, -0.1) is 0 Å². The topological polar surface area (TPSA) is 16.1 Å². The van der Waals surface area contributed by atoms with Crippen molar-refractivity contribution in [1.82, 2.24) is 9.88 Å². The van der Waals surface area contributed by atoms with E-state index < -0.39 is 0 Å². The summed E-state index contributed by atoms with van der Waals surface area (Å²) in [5.41, 5.74) is 4.10. The van der Waals surface area contributed by atoms with E-state index in [1.54, 1.807) is 0 Å². The molecule has 1 aliphatic heterocycles. The average molecular weight is 252 g/mol. The molecule has 0 N–H and O–H groups in total. The van der Waals surface area contributed by atoms with E-state index in [1.807, 2.05) is 12.3 Å². The van der Waals surface area contributed by atoms with Crippen LogP contribution < -0.4 is 0 Å². The second-order valence-electron chi connectivity index (χ2n) is 5.16. The summed E-state index contributed by atoms with van der Waals surface area (Å²) < 4.78 is 0. The monoisotopic (exact) mass is 252 g/mol. The minimum atomic E-state index is 0.523. The van der Waals surface area contributed by atoms with Gasteiger partial charge >= 0.3 is 0 Å². The molecule has 0 fully saturated rings. The summed E-state index contributed by atoms with van der Waals surface area (Å²) >= 11 is 0. The van der Waals surface area contributed by atoms with Crippen LogP contribution in [0.5, 0.6) is 0 Å². The molecule has 2 aromatic rings. The molecule has 0 saturated heterocycles. The lowest BCUT2D eigenvalue weighted by molar-refractivity contribution is 0.173. The van der Waals surface area contributed by atoms with Gasteiger partial charge in [0.15, 0.2) is 0 Å². The predicted molar refractivity (Wildman–Crippen MR) is 77.8 cm³/mol. The van der Waals surface area contributed by atoms with Gasteiger partial charge in [-0.2, -0.15) is 0 Å². The zero-order valence-corrected chi connectivity index (χ0v) is 11.4. The van der Waals surface area contributed by atoms with Crippen molar-refractivity contribution < 1.29 is 0 Å². The second kappa shape index (κ2) is 5.54. The number of hydrogen-bond acceptors (Lipinski definition) is 2. The normalized spacial score (nSPS) is 16.9. The van der Waals surface area contributed by atoms with Crippen LogP contribution in [0, 0.1) is 0 Å². The highest BCUT2D eigenvalue weighted by Crippen LogP contribution is 2.29. The third kappa shape index (κ3) is 2.54. The highest BCUT2D eigenvalue weighted by Gasteiger charge is 2.23. The number of benzene rings is 1. The van der Waals surface area contributed by atoms with Crippen LogP contribution in [0.3, 0.4) is 0 Å². The van der Waals surface area contributed by atoms with Crippen molar-refractivity contribution in [3.63, 3.8) is 0 Å². The fourth-order valence-corrected chi connectivity index (χ4v) is 3.03. The molecule has 0 saturated carbocycles. The molecule has 19 heavy (non-hydrogen) atoms. The summed E-state index contributed by atoms with van der Waals surface area (Å²) in [6, 6.07) is 15.6. The summed E-state index contributed by atoms with van der Waals surface area (Å²) in [4.78, 5) is 7.07. The Kier molecular flexibility index (Phi) is 3.60. The minimum absolute atomic E-state index is 0.523. The summed E-state index contributed by atoms with van der Waals surface area (Å²) in [5.74, 6) is 0. The van der Waals surface area contributed by atoms with Crippen molar-refractivity contribution in [1.29, 1.82) is 0 Å². The molecule has 1 atom stereocenters. The van der Waals surface area contributed by atoms with E-state index >= 15 is 0 Å². The second-order valence-corrected chi connectivity index (χ2v) is 5.16. The molecule has 0 bridgehead atoms. The third-order valence-corrected chi connectivity index (χ3v) is 4.01. The van der Waals surface area contributed by atoms with Gasteiger partial charge in [0.1, 0.15) is 0 Å². The number of fused-ring (bicyclic) bond motifs is 1. The molecule has 3 rings (SSSR count). The maximum absolute atomic E-state index is 4.48. The molecule has 98 valence electrons. The van der Waals surface area contributed by atoms with Crippen molar-refractivity contribution in [2.75, 3.05) is 6.54 Å². The Morgan fingerprint density at radius 2 is 2.00 bits per heavy atom. The van der Waals surface area contributed by atoms with Crippen LogP contribution in [0.15, 0.2) is 48.7 Å². The van der Waals surface area contributed by atoms with Gasteiger partial charge in [-0.05, 0) is 23.6 Å². The maximum atomic E-state index is 4.48. The summed E-state index contributed by atoms with van der Waals surface area (Å²) in [7, 11) is 0. The van der Waals surface area contributed by atoms with E-state index in [9.17, 15) is 0 Å². The van der Waals surface area contributed by atoms with Crippen LogP contribution in [-0.4, -0.2) is 16.4 Å². The Bertz CT molecular complexity index is 536. The zero-order valence-electron chi connectivity index (χ0n) is 11.4. The van der Waals surface area contributed by atoms with E-state index in [4.69, 9.17) is 0 Å². The number of aromatic nitrogens is 1. The van der Waals surface area contributed by atoms with Gasteiger partial charge in [0.2, 0.25) is 0 Å². The van der Waals surface area contributed by atoms with Gasteiger partial charge in [0.25, 0.3) is 0 Å². The number of rotatable bonds is 3. The van der Waals surface area contributed by atoms with Gasteiger partial charge in [-0.1, -0.05) is 43.3 Å². The third-order valence-electron chi connectivity index (χ3n) is 4.01. The molecule has 2 heteroatoms. The SMILES string of the molecule is CCC(c1ccccc1)N1CCc2ncccc2C1. The Morgan fingerprint density at radius 1 is 1.16 bits per heavy atom. The lowest BCUT2D eigenvalue weighted by atomic mass is 9.98. The van der Waals surface area contributed by atoms with E-state index in [-0.39, 0.29) is 0 Å². The van der Waals surface area contributed by atoms with Crippen molar-refractivity contribution in [3.05, 3.63) is 65.5 Å². The summed E-state index contributed by atoms with van der Waals surface area (Å²) in [6.45, 7) is 4.41. The first-order valence-electron chi connectivity index (χ1n) is 7.10. The van der Waals surface area contributed by atoms with Crippen molar-refractivity contribution >= 4 is 0 Å². The fraction of sp³-hybridized carbons (Fsp3) is 0.353. The van der Waals surface area contributed by atoms with Gasteiger partial charge in [-0.25, -0.2) is 0 Å². The maximum Gasteiger partial charge on any atom is 0.0461 e. The Balaban J connectivity index is 1.83. The number of hydrogen-bond donors (Lipinski definition) is 0. The first-order chi connectivity index (χ1) is 9.38. The predicted octanol–water partition coefficient (Wildman–Crippen LogP) is 3.59. The Hall–Kier alpha value is -1.67. The van der Waals surface area contributed by atoms with Gasteiger partial charge in [0, 0.05) is 37.4 Å². The molecule has 1 unspecified atom stereocenters. The van der Waals surface area contributed by atoms with Crippen molar-refractivity contribution in [3.8, 4) is 0 Å². The molecule has 0 spiro atoms. The fourth-order valence-electron chi connectivity index (χ4n) is 3.03. The number of nitrogens with zero attached hydrogens (tertiary/aromatic N) is 2. The van der Waals surface area contributed by atoms with Crippen molar-refractivity contribution in [2.45, 2.75) is 32.4 Å². The molecule has 1 aromatic heterocycles. The van der Waals surface area contributed by atoms with E-state index in [0.717, 1.165) is 25.9 Å². The zero-order chi connectivity index (χ0) is 13.1. The Labute approximate surface area is 115 Å². The molecule has 1 aromatic carbocycles. The van der Waals surface area contributed by atoms with Gasteiger partial charge in [0.05, 0.1) is 0 Å². The van der Waals surface area contributed by atoms with E-state index in [1.165, 1.54) is 16.8 Å².